The quantitative estimate of drug-likeness (QED) is 0.555. The Morgan fingerprint density at radius 2 is 1.96 bits per heavy atom. The number of likely N-dealkylation sites (tertiary alicyclic amines) is 1. The zero-order chi connectivity index (χ0) is 20.1. The van der Waals surface area contributed by atoms with Gasteiger partial charge in [-0.15, -0.1) is 0 Å². The van der Waals surface area contributed by atoms with E-state index in [1.54, 1.807) is 6.20 Å². The maximum absolute atomic E-state index is 12.9. The van der Waals surface area contributed by atoms with Crippen LogP contribution in [0, 0.1) is 0 Å². The zero-order valence-electron chi connectivity index (χ0n) is 16.3. The predicted molar refractivity (Wildman–Crippen MR) is 115 cm³/mol. The van der Waals surface area contributed by atoms with E-state index in [1.165, 1.54) is 0 Å². The molecule has 1 aromatic carbocycles. The van der Waals surface area contributed by atoms with Crippen molar-refractivity contribution in [1.82, 2.24) is 9.88 Å². The Balaban J connectivity index is 1.74. The lowest BCUT2D eigenvalue weighted by atomic mass is 10.0. The number of benzene rings is 1. The zero-order valence-corrected chi connectivity index (χ0v) is 17.9. The first-order valence-corrected chi connectivity index (χ1v) is 9.94. The summed E-state index contributed by atoms with van der Waals surface area (Å²) in [4.78, 5) is 18.9. The number of hydrogen-bond acceptors (Lipinski definition) is 3. The van der Waals surface area contributed by atoms with Gasteiger partial charge >= 0.3 is 0 Å². The van der Waals surface area contributed by atoms with Gasteiger partial charge in [-0.2, -0.15) is 0 Å². The molecule has 2 aromatic rings. The maximum atomic E-state index is 12.9. The Morgan fingerprint density at radius 1 is 1.21 bits per heavy atom. The molecular formula is C23H23BrN2O2. The molecule has 1 aliphatic heterocycles. The topological polar surface area (TPSA) is 42.4 Å². The largest absolute Gasteiger partial charge is 0.439 e. The normalized spacial score (nSPS) is 16.1. The van der Waals surface area contributed by atoms with Crippen LogP contribution >= 0.6 is 15.9 Å². The van der Waals surface area contributed by atoms with Crippen molar-refractivity contribution in [3.8, 4) is 11.6 Å². The van der Waals surface area contributed by atoms with Crippen LogP contribution in [0.2, 0.25) is 0 Å². The third-order valence-corrected chi connectivity index (χ3v) is 5.12. The molecule has 28 heavy (non-hydrogen) atoms. The van der Waals surface area contributed by atoms with Gasteiger partial charge in [-0.25, -0.2) is 4.98 Å². The van der Waals surface area contributed by atoms with Crippen molar-refractivity contribution in [3.05, 3.63) is 87.6 Å². The van der Waals surface area contributed by atoms with Crippen LogP contribution in [-0.4, -0.2) is 22.3 Å². The standard InChI is InChI=1S/C23H23BrN2O2/c1-4-19(24)13-18-15-26(23(27)22(18)16(2)3)14-17-8-10-20(11-9-17)28-21-7-5-6-12-25-21/h4-13H,14-15H2,1-3H3/b18-13-,19-4+. The molecule has 4 nitrogen and oxygen atoms in total. The average Bonchev–Trinajstić information content (AvgIpc) is 2.99. The van der Waals surface area contributed by atoms with Gasteiger partial charge in [0.15, 0.2) is 0 Å². The Labute approximate surface area is 174 Å². The van der Waals surface area contributed by atoms with E-state index < -0.39 is 0 Å². The lowest BCUT2D eigenvalue weighted by Gasteiger charge is -2.15. The highest BCUT2D eigenvalue weighted by Crippen LogP contribution is 2.30. The van der Waals surface area contributed by atoms with E-state index in [1.807, 2.05) is 80.3 Å². The minimum absolute atomic E-state index is 0.0801. The summed E-state index contributed by atoms with van der Waals surface area (Å²) in [6.45, 7) is 7.10. The highest BCUT2D eigenvalue weighted by atomic mass is 79.9. The lowest BCUT2D eigenvalue weighted by Crippen LogP contribution is -2.24. The molecule has 0 bridgehead atoms. The van der Waals surface area contributed by atoms with Crippen molar-refractivity contribution in [2.24, 2.45) is 0 Å². The van der Waals surface area contributed by atoms with Crippen LogP contribution in [0.3, 0.4) is 0 Å². The second-order valence-corrected chi connectivity index (χ2v) is 7.71. The summed E-state index contributed by atoms with van der Waals surface area (Å²) in [7, 11) is 0. The van der Waals surface area contributed by atoms with E-state index in [0.717, 1.165) is 32.5 Å². The molecule has 0 spiro atoms. The van der Waals surface area contributed by atoms with Gasteiger partial charge in [-0.3, -0.25) is 4.79 Å². The van der Waals surface area contributed by atoms with Gasteiger partial charge in [0.05, 0.1) is 0 Å². The summed E-state index contributed by atoms with van der Waals surface area (Å²) < 4.78 is 6.71. The van der Waals surface area contributed by atoms with Gasteiger partial charge in [-0.05, 0) is 56.2 Å². The Hall–Kier alpha value is -2.66. The lowest BCUT2D eigenvalue weighted by molar-refractivity contribution is -0.125. The molecule has 5 heteroatoms. The van der Waals surface area contributed by atoms with E-state index in [2.05, 4.69) is 20.9 Å². The first-order chi connectivity index (χ1) is 13.5. The molecule has 2 heterocycles. The molecule has 0 saturated carbocycles. The second-order valence-electron chi connectivity index (χ2n) is 6.79. The summed E-state index contributed by atoms with van der Waals surface area (Å²) in [6.07, 6.45) is 5.70. The van der Waals surface area contributed by atoms with Crippen LogP contribution in [0.15, 0.2) is 82.0 Å². The molecular weight excluding hydrogens is 416 g/mol. The highest BCUT2D eigenvalue weighted by Gasteiger charge is 2.31. The minimum Gasteiger partial charge on any atom is -0.439 e. The molecule has 0 unspecified atom stereocenters. The van der Waals surface area contributed by atoms with Gasteiger partial charge in [0.2, 0.25) is 5.88 Å². The van der Waals surface area contributed by atoms with Gasteiger partial charge in [0, 0.05) is 35.4 Å². The smallest absolute Gasteiger partial charge is 0.254 e. The van der Waals surface area contributed by atoms with Gasteiger partial charge in [0.1, 0.15) is 5.75 Å². The monoisotopic (exact) mass is 438 g/mol. The number of carbonyl (C=O) groups is 1. The number of allylic oxidation sites excluding steroid dienone is 4. The van der Waals surface area contributed by atoms with Crippen LogP contribution in [0.25, 0.3) is 0 Å². The van der Waals surface area contributed by atoms with E-state index in [-0.39, 0.29) is 5.91 Å². The fourth-order valence-corrected chi connectivity index (χ4v) is 3.37. The molecule has 144 valence electrons. The highest BCUT2D eigenvalue weighted by molar-refractivity contribution is 9.11. The van der Waals surface area contributed by atoms with Crippen molar-refractivity contribution in [2.45, 2.75) is 27.3 Å². The van der Waals surface area contributed by atoms with Crippen LogP contribution < -0.4 is 4.74 Å². The molecule has 1 aromatic heterocycles. The molecule has 0 aliphatic carbocycles. The number of nitrogens with zero attached hydrogens (tertiary/aromatic N) is 2. The van der Waals surface area contributed by atoms with Crippen molar-refractivity contribution in [1.29, 1.82) is 0 Å². The number of aromatic nitrogens is 1. The van der Waals surface area contributed by atoms with Crippen molar-refractivity contribution in [2.75, 3.05) is 6.54 Å². The number of hydrogen-bond donors (Lipinski definition) is 0. The predicted octanol–water partition coefficient (Wildman–Crippen LogP) is 5.78. The Bertz CT molecular complexity index is 940. The third kappa shape index (κ3) is 4.78. The van der Waals surface area contributed by atoms with Crippen LogP contribution in [-0.2, 0) is 11.3 Å². The molecule has 3 rings (SSSR count). The molecule has 1 aliphatic rings. The first-order valence-electron chi connectivity index (χ1n) is 9.15. The summed E-state index contributed by atoms with van der Waals surface area (Å²) in [6, 6.07) is 13.3. The van der Waals surface area contributed by atoms with Crippen LogP contribution in [0.5, 0.6) is 11.6 Å². The average molecular weight is 439 g/mol. The molecule has 1 amide bonds. The van der Waals surface area contributed by atoms with E-state index >= 15 is 0 Å². The summed E-state index contributed by atoms with van der Waals surface area (Å²) >= 11 is 3.52. The third-order valence-electron chi connectivity index (χ3n) is 4.43. The fraction of sp³-hybridized carbons (Fsp3) is 0.217. The summed E-state index contributed by atoms with van der Waals surface area (Å²) in [5.74, 6) is 1.36. The Morgan fingerprint density at radius 3 is 2.57 bits per heavy atom. The number of halogens is 1. The molecule has 1 saturated heterocycles. The van der Waals surface area contributed by atoms with Crippen LogP contribution in [0.4, 0.5) is 0 Å². The first kappa shape index (κ1) is 20.1. The SMILES string of the molecule is C/C=C(Br)\C=C1\CN(Cc2ccc(Oc3ccccn3)cc2)C(=O)C1=C(C)C. The van der Waals surface area contributed by atoms with Crippen molar-refractivity contribution in [3.63, 3.8) is 0 Å². The summed E-state index contributed by atoms with van der Waals surface area (Å²) in [5, 5.41) is 0. The van der Waals surface area contributed by atoms with Crippen molar-refractivity contribution < 1.29 is 9.53 Å². The molecule has 0 atom stereocenters. The number of ether oxygens (including phenoxy) is 1. The second kappa shape index (κ2) is 9.02. The number of amides is 1. The van der Waals surface area contributed by atoms with Crippen molar-refractivity contribution >= 4 is 21.8 Å². The molecule has 0 N–H and O–H groups in total. The maximum Gasteiger partial charge on any atom is 0.254 e. The van der Waals surface area contributed by atoms with Gasteiger partial charge in [-0.1, -0.05) is 45.8 Å². The van der Waals surface area contributed by atoms with Gasteiger partial charge < -0.3 is 9.64 Å². The van der Waals surface area contributed by atoms with Crippen LogP contribution in [0.1, 0.15) is 26.3 Å². The van der Waals surface area contributed by atoms with E-state index in [4.69, 9.17) is 4.74 Å². The summed E-state index contributed by atoms with van der Waals surface area (Å²) in [5.41, 5.74) is 3.95. The fourth-order valence-electron chi connectivity index (χ4n) is 3.09. The molecule has 0 radical (unpaired) electrons. The molecule has 1 fully saturated rings. The van der Waals surface area contributed by atoms with Gasteiger partial charge in [0.25, 0.3) is 5.91 Å². The number of rotatable bonds is 5. The van der Waals surface area contributed by atoms with E-state index in [0.29, 0.717) is 19.0 Å². The number of pyridine rings is 1. The minimum atomic E-state index is 0.0801. The number of carbonyl (C=O) groups excluding carboxylic acids is 1. The van der Waals surface area contributed by atoms with E-state index in [9.17, 15) is 4.79 Å². The Kier molecular flexibility index (Phi) is 6.47.